The molecule has 0 amide bonds. The summed E-state index contributed by atoms with van der Waals surface area (Å²) in [7, 11) is 1.68. The molecule has 0 aliphatic carbocycles. The monoisotopic (exact) mass is 237 g/mol. The smallest absolute Gasteiger partial charge is 0.141 e. The Morgan fingerprint density at radius 1 is 1.29 bits per heavy atom. The van der Waals surface area contributed by atoms with Gasteiger partial charge in [0.2, 0.25) is 0 Å². The van der Waals surface area contributed by atoms with Gasteiger partial charge in [0.1, 0.15) is 5.75 Å². The number of rotatable bonds is 7. The number of benzene rings is 1. The van der Waals surface area contributed by atoms with Crippen LogP contribution in [0.15, 0.2) is 18.2 Å². The second kappa shape index (κ2) is 7.17. The summed E-state index contributed by atoms with van der Waals surface area (Å²) in [4.78, 5) is 0. The van der Waals surface area contributed by atoms with Gasteiger partial charge in [-0.05, 0) is 36.5 Å². The maximum Gasteiger partial charge on any atom is 0.141 e. The molecule has 0 bridgehead atoms. The minimum absolute atomic E-state index is 0.255. The van der Waals surface area contributed by atoms with Crippen LogP contribution in [0.2, 0.25) is 0 Å². The van der Waals surface area contributed by atoms with Gasteiger partial charge in [0, 0.05) is 13.2 Å². The predicted octanol–water partition coefficient (Wildman–Crippen LogP) is 3.00. The Labute approximate surface area is 104 Å². The highest BCUT2D eigenvalue weighted by Gasteiger charge is 2.06. The summed E-state index contributed by atoms with van der Waals surface area (Å²) in [6.07, 6.45) is 1.80. The van der Waals surface area contributed by atoms with Crippen molar-refractivity contribution in [2.75, 3.05) is 25.6 Å². The molecule has 1 rings (SSSR count). The van der Waals surface area contributed by atoms with E-state index in [1.165, 1.54) is 5.56 Å². The summed E-state index contributed by atoms with van der Waals surface area (Å²) < 4.78 is 5.33. The van der Waals surface area contributed by atoms with E-state index >= 15 is 0 Å². The Hall–Kier alpha value is -1.22. The van der Waals surface area contributed by atoms with Crippen LogP contribution in [0.25, 0.3) is 0 Å². The molecule has 0 fully saturated rings. The molecule has 2 N–H and O–H groups in total. The normalized spacial score (nSPS) is 10.6. The average Bonchev–Trinajstić information content (AvgIpc) is 2.34. The first kappa shape index (κ1) is 13.8. The van der Waals surface area contributed by atoms with Crippen LogP contribution < -0.4 is 10.1 Å². The molecule has 0 heterocycles. The SMILES string of the molecule is COc1ccc(C(C)C)cc1NCCCCO. The summed E-state index contributed by atoms with van der Waals surface area (Å²) in [6.45, 7) is 5.47. The first-order chi connectivity index (χ1) is 8.19. The van der Waals surface area contributed by atoms with Crippen LogP contribution in [0.4, 0.5) is 5.69 Å². The highest BCUT2D eigenvalue weighted by atomic mass is 16.5. The van der Waals surface area contributed by atoms with Gasteiger partial charge in [-0.3, -0.25) is 0 Å². The molecule has 0 aliphatic rings. The van der Waals surface area contributed by atoms with Gasteiger partial charge >= 0.3 is 0 Å². The van der Waals surface area contributed by atoms with Crippen molar-refractivity contribution in [2.45, 2.75) is 32.6 Å². The molecule has 1 aromatic rings. The average molecular weight is 237 g/mol. The summed E-state index contributed by atoms with van der Waals surface area (Å²) >= 11 is 0. The number of methoxy groups -OCH3 is 1. The van der Waals surface area contributed by atoms with Crippen molar-refractivity contribution >= 4 is 5.69 Å². The largest absolute Gasteiger partial charge is 0.495 e. The van der Waals surface area contributed by atoms with E-state index in [0.29, 0.717) is 5.92 Å². The molecular formula is C14H23NO2. The highest BCUT2D eigenvalue weighted by molar-refractivity contribution is 5.58. The van der Waals surface area contributed by atoms with E-state index in [1.807, 2.05) is 6.07 Å². The number of hydrogen-bond acceptors (Lipinski definition) is 3. The van der Waals surface area contributed by atoms with Crippen molar-refractivity contribution in [3.63, 3.8) is 0 Å². The lowest BCUT2D eigenvalue weighted by Gasteiger charge is -2.14. The minimum Gasteiger partial charge on any atom is -0.495 e. The molecule has 96 valence electrons. The van der Waals surface area contributed by atoms with E-state index in [2.05, 4.69) is 31.3 Å². The van der Waals surface area contributed by atoms with Crippen LogP contribution in [-0.2, 0) is 0 Å². The number of nitrogens with one attached hydrogen (secondary N) is 1. The van der Waals surface area contributed by atoms with Gasteiger partial charge in [-0.25, -0.2) is 0 Å². The van der Waals surface area contributed by atoms with Gasteiger partial charge in [-0.2, -0.15) is 0 Å². The second-order valence-electron chi connectivity index (χ2n) is 4.47. The molecule has 0 unspecified atom stereocenters. The third kappa shape index (κ3) is 4.27. The summed E-state index contributed by atoms with van der Waals surface area (Å²) in [5.74, 6) is 1.39. The zero-order chi connectivity index (χ0) is 12.7. The molecule has 0 atom stereocenters. The van der Waals surface area contributed by atoms with Gasteiger partial charge in [0.25, 0.3) is 0 Å². The number of ether oxygens (including phenoxy) is 1. The maximum absolute atomic E-state index is 8.73. The van der Waals surface area contributed by atoms with Crippen LogP contribution >= 0.6 is 0 Å². The zero-order valence-electron chi connectivity index (χ0n) is 11.0. The standard InChI is InChI=1S/C14H23NO2/c1-11(2)12-6-7-14(17-3)13(10-12)15-8-4-5-9-16/h6-7,10-11,15-16H,4-5,8-9H2,1-3H3. The topological polar surface area (TPSA) is 41.5 Å². The lowest BCUT2D eigenvalue weighted by Crippen LogP contribution is -2.04. The van der Waals surface area contributed by atoms with Crippen molar-refractivity contribution < 1.29 is 9.84 Å². The predicted molar refractivity (Wildman–Crippen MR) is 71.9 cm³/mol. The molecule has 0 saturated carbocycles. The van der Waals surface area contributed by atoms with Crippen molar-refractivity contribution in [1.82, 2.24) is 0 Å². The van der Waals surface area contributed by atoms with Gasteiger partial charge < -0.3 is 15.2 Å². The molecular weight excluding hydrogens is 214 g/mol. The van der Waals surface area contributed by atoms with Crippen LogP contribution in [0.1, 0.15) is 38.2 Å². The molecule has 0 spiro atoms. The molecule has 3 heteroatoms. The van der Waals surface area contributed by atoms with Crippen molar-refractivity contribution in [3.05, 3.63) is 23.8 Å². The Morgan fingerprint density at radius 2 is 2.06 bits per heavy atom. The number of hydrogen-bond donors (Lipinski definition) is 2. The number of aliphatic hydroxyl groups is 1. The van der Waals surface area contributed by atoms with E-state index < -0.39 is 0 Å². The number of unbranched alkanes of at least 4 members (excludes halogenated alkanes) is 1. The molecule has 0 saturated heterocycles. The van der Waals surface area contributed by atoms with Crippen molar-refractivity contribution in [3.8, 4) is 5.75 Å². The summed E-state index contributed by atoms with van der Waals surface area (Å²) in [5, 5.41) is 12.1. The lowest BCUT2D eigenvalue weighted by atomic mass is 10.0. The fourth-order valence-electron chi connectivity index (χ4n) is 1.68. The van der Waals surface area contributed by atoms with Gasteiger partial charge in [0.15, 0.2) is 0 Å². The third-order valence-corrected chi connectivity index (χ3v) is 2.79. The van der Waals surface area contributed by atoms with Crippen LogP contribution in [0.5, 0.6) is 5.75 Å². The van der Waals surface area contributed by atoms with E-state index in [1.54, 1.807) is 7.11 Å². The minimum atomic E-state index is 0.255. The third-order valence-electron chi connectivity index (χ3n) is 2.79. The Balaban J connectivity index is 2.69. The molecule has 0 radical (unpaired) electrons. The van der Waals surface area contributed by atoms with Gasteiger partial charge in [-0.1, -0.05) is 19.9 Å². The van der Waals surface area contributed by atoms with Crippen molar-refractivity contribution in [2.24, 2.45) is 0 Å². The molecule has 17 heavy (non-hydrogen) atoms. The molecule has 3 nitrogen and oxygen atoms in total. The zero-order valence-corrected chi connectivity index (χ0v) is 11.0. The molecule has 0 aromatic heterocycles. The Kier molecular flexibility index (Phi) is 5.84. The van der Waals surface area contributed by atoms with E-state index in [0.717, 1.165) is 30.8 Å². The van der Waals surface area contributed by atoms with Crippen LogP contribution in [0, 0.1) is 0 Å². The molecule has 0 aliphatic heterocycles. The maximum atomic E-state index is 8.73. The van der Waals surface area contributed by atoms with E-state index in [4.69, 9.17) is 9.84 Å². The quantitative estimate of drug-likeness (QED) is 0.716. The van der Waals surface area contributed by atoms with E-state index in [-0.39, 0.29) is 6.61 Å². The first-order valence-electron chi connectivity index (χ1n) is 6.21. The Morgan fingerprint density at radius 3 is 2.65 bits per heavy atom. The fraction of sp³-hybridized carbons (Fsp3) is 0.571. The van der Waals surface area contributed by atoms with Crippen molar-refractivity contribution in [1.29, 1.82) is 0 Å². The van der Waals surface area contributed by atoms with Crippen LogP contribution in [0.3, 0.4) is 0 Å². The first-order valence-corrected chi connectivity index (χ1v) is 6.21. The summed E-state index contributed by atoms with van der Waals surface area (Å²) in [6, 6.07) is 6.24. The molecule has 1 aromatic carbocycles. The highest BCUT2D eigenvalue weighted by Crippen LogP contribution is 2.28. The van der Waals surface area contributed by atoms with Crippen LogP contribution in [-0.4, -0.2) is 25.4 Å². The van der Waals surface area contributed by atoms with E-state index in [9.17, 15) is 0 Å². The van der Waals surface area contributed by atoms with Gasteiger partial charge in [-0.15, -0.1) is 0 Å². The van der Waals surface area contributed by atoms with Gasteiger partial charge in [0.05, 0.1) is 12.8 Å². The Bertz CT molecular complexity index is 337. The lowest BCUT2D eigenvalue weighted by molar-refractivity contribution is 0.286. The number of aliphatic hydroxyl groups excluding tert-OH is 1. The summed E-state index contributed by atoms with van der Waals surface area (Å²) in [5.41, 5.74) is 2.34. The fourth-order valence-corrected chi connectivity index (χ4v) is 1.68. The number of anilines is 1. The second-order valence-corrected chi connectivity index (χ2v) is 4.47.